The average molecular weight is 533 g/mol. The third-order valence-electron chi connectivity index (χ3n) is 3.37. The molecule has 0 saturated carbocycles. The molecular weight excluding hydrogens is 521 g/mol. The van der Waals surface area contributed by atoms with E-state index in [1.807, 2.05) is 19.1 Å². The molecule has 0 amide bonds. The Bertz CT molecular complexity index is 993. The molecule has 0 saturated heterocycles. The molecule has 0 aliphatic carbocycles. The van der Waals surface area contributed by atoms with Gasteiger partial charge in [-0.15, -0.1) is 0 Å². The SMILES string of the molecule is Cc1cccc(N)c1C.O=S(=O)(C(S(=O)(=O)C(F)(F)F)S(=O)(=O)C(F)(F)F)C(F)(F)F. The summed E-state index contributed by atoms with van der Waals surface area (Å²) in [7, 11) is -23.8. The van der Waals surface area contributed by atoms with E-state index in [0.29, 0.717) is 0 Å². The second kappa shape index (κ2) is 8.64. The molecular formula is C12H12F9NO6S3. The van der Waals surface area contributed by atoms with Gasteiger partial charge >= 0.3 is 16.5 Å². The minimum atomic E-state index is -7.94. The van der Waals surface area contributed by atoms with Crippen molar-refractivity contribution in [2.24, 2.45) is 0 Å². The van der Waals surface area contributed by atoms with Crippen LogP contribution in [-0.2, 0) is 29.5 Å². The molecule has 31 heavy (non-hydrogen) atoms. The quantitative estimate of drug-likeness (QED) is 0.467. The van der Waals surface area contributed by atoms with Gasteiger partial charge in [0.05, 0.1) is 0 Å². The fourth-order valence-corrected chi connectivity index (χ4v) is 8.22. The first-order valence-corrected chi connectivity index (χ1v) is 11.7. The zero-order valence-corrected chi connectivity index (χ0v) is 17.4. The van der Waals surface area contributed by atoms with Gasteiger partial charge in [0, 0.05) is 5.69 Å². The topological polar surface area (TPSA) is 128 Å². The number of nitrogens with two attached hydrogens (primary N) is 1. The van der Waals surface area contributed by atoms with Crippen LogP contribution in [0.5, 0.6) is 0 Å². The standard InChI is InChI=1S/C8H11N.C4HF9O6S3/c1-6-4-3-5-8(9)7(6)2;5-2(6,7)20(14,15)1(21(16,17)3(8,9)10)22(18,19)4(11,12)13/h3-5H,9H2,1-2H3;1H. The smallest absolute Gasteiger partial charge is 0.399 e. The molecule has 0 heterocycles. The molecule has 1 rings (SSSR count). The molecule has 0 aliphatic rings. The largest absolute Gasteiger partial charge is 0.499 e. The minimum Gasteiger partial charge on any atom is -0.399 e. The lowest BCUT2D eigenvalue weighted by molar-refractivity contribution is -0.0490. The normalized spacial score (nSPS) is 14.2. The minimum absolute atomic E-state index is 0.884. The fraction of sp³-hybridized carbons (Fsp3) is 0.500. The van der Waals surface area contributed by atoms with Crippen LogP contribution in [0.15, 0.2) is 18.2 Å². The van der Waals surface area contributed by atoms with E-state index in [2.05, 4.69) is 13.0 Å². The van der Waals surface area contributed by atoms with Crippen LogP contribution in [-0.4, -0.2) is 45.7 Å². The number of rotatable bonds is 3. The molecule has 0 aromatic heterocycles. The lowest BCUT2D eigenvalue weighted by Crippen LogP contribution is -2.52. The van der Waals surface area contributed by atoms with E-state index >= 15 is 0 Å². The number of alkyl halides is 9. The van der Waals surface area contributed by atoms with Gasteiger partial charge in [0.2, 0.25) is 0 Å². The molecule has 0 bridgehead atoms. The second-order valence-corrected chi connectivity index (χ2v) is 12.5. The van der Waals surface area contributed by atoms with E-state index < -0.39 is 50.0 Å². The van der Waals surface area contributed by atoms with Crippen LogP contribution in [0, 0.1) is 13.8 Å². The maximum absolute atomic E-state index is 12.1. The molecule has 2 N–H and O–H groups in total. The Balaban J connectivity index is 0.000000823. The van der Waals surface area contributed by atoms with Crippen molar-refractivity contribution in [2.45, 2.75) is 34.3 Å². The van der Waals surface area contributed by atoms with Gasteiger partial charge in [0.15, 0.2) is 0 Å². The Morgan fingerprint density at radius 1 is 0.677 bits per heavy atom. The Labute approximate surface area is 169 Å². The first kappa shape index (κ1) is 29.2. The van der Waals surface area contributed by atoms with E-state index in [-0.39, 0.29) is 0 Å². The molecule has 0 spiro atoms. The average Bonchev–Trinajstić information content (AvgIpc) is 2.49. The lowest BCUT2D eigenvalue weighted by atomic mass is 10.1. The first-order valence-electron chi connectivity index (χ1n) is 7.05. The van der Waals surface area contributed by atoms with Crippen LogP contribution in [0.4, 0.5) is 45.2 Å². The van der Waals surface area contributed by atoms with E-state index in [4.69, 9.17) is 5.73 Å². The molecule has 1 aromatic carbocycles. The van der Waals surface area contributed by atoms with Crippen molar-refractivity contribution in [3.8, 4) is 0 Å². The van der Waals surface area contributed by atoms with Crippen molar-refractivity contribution in [3.05, 3.63) is 29.3 Å². The zero-order chi connectivity index (χ0) is 25.4. The highest BCUT2D eigenvalue weighted by atomic mass is 32.3. The molecule has 0 aliphatic heterocycles. The number of halogens is 9. The van der Waals surface area contributed by atoms with Gasteiger partial charge in [0.1, 0.15) is 0 Å². The maximum atomic E-state index is 12.1. The van der Waals surface area contributed by atoms with Crippen LogP contribution >= 0.6 is 0 Å². The highest BCUT2D eigenvalue weighted by molar-refractivity contribution is 8.24. The summed E-state index contributed by atoms with van der Waals surface area (Å²) in [6.45, 7) is 4.09. The van der Waals surface area contributed by atoms with Gasteiger partial charge < -0.3 is 5.73 Å². The zero-order valence-electron chi connectivity index (χ0n) is 15.0. The van der Waals surface area contributed by atoms with Crippen LogP contribution in [0.2, 0.25) is 0 Å². The van der Waals surface area contributed by atoms with Crippen molar-refractivity contribution in [1.82, 2.24) is 0 Å². The fourth-order valence-electron chi connectivity index (χ4n) is 1.60. The molecule has 0 atom stereocenters. The Morgan fingerprint density at radius 3 is 1.16 bits per heavy atom. The third-order valence-corrected chi connectivity index (χ3v) is 11.4. The monoisotopic (exact) mass is 533 g/mol. The number of hydrogen-bond acceptors (Lipinski definition) is 7. The Morgan fingerprint density at radius 2 is 0.968 bits per heavy atom. The number of sulfone groups is 3. The summed E-state index contributed by atoms with van der Waals surface area (Å²) in [5.41, 5.74) is -12.1. The van der Waals surface area contributed by atoms with Crippen molar-refractivity contribution in [3.63, 3.8) is 0 Å². The molecule has 1 aromatic rings. The van der Waals surface area contributed by atoms with Gasteiger partial charge in [-0.3, -0.25) is 0 Å². The molecule has 19 heteroatoms. The number of hydrogen-bond donors (Lipinski definition) is 1. The summed E-state index contributed by atoms with van der Waals surface area (Å²) in [5, 5.41) is 0. The molecule has 182 valence electrons. The number of benzene rings is 1. The summed E-state index contributed by atoms with van der Waals surface area (Å²) in [6, 6.07) is 5.95. The van der Waals surface area contributed by atoms with Crippen molar-refractivity contribution >= 4 is 35.2 Å². The third kappa shape index (κ3) is 5.93. The first-order chi connectivity index (χ1) is 13.3. The summed E-state index contributed by atoms with van der Waals surface area (Å²) >= 11 is 0. The summed E-state index contributed by atoms with van der Waals surface area (Å²) in [6.07, 6.45) is 0. The second-order valence-electron chi connectivity index (χ2n) is 5.55. The summed E-state index contributed by atoms with van der Waals surface area (Å²) < 4.78 is 167. The van der Waals surface area contributed by atoms with E-state index in [0.717, 1.165) is 5.69 Å². The summed E-state index contributed by atoms with van der Waals surface area (Å²) in [4.78, 5) is 0. The predicted octanol–water partition coefficient (Wildman–Crippen LogP) is 2.96. The van der Waals surface area contributed by atoms with Gasteiger partial charge in [-0.05, 0) is 31.0 Å². The number of aryl methyl sites for hydroxylation is 1. The molecule has 0 unspecified atom stereocenters. The molecule has 0 fully saturated rings. The van der Waals surface area contributed by atoms with Gasteiger partial charge in [0.25, 0.3) is 33.4 Å². The van der Waals surface area contributed by atoms with E-state index in [1.54, 1.807) is 0 Å². The van der Waals surface area contributed by atoms with Crippen LogP contribution < -0.4 is 5.73 Å². The predicted molar refractivity (Wildman–Crippen MR) is 89.0 cm³/mol. The Hall–Kier alpha value is -1.76. The lowest BCUT2D eigenvalue weighted by Gasteiger charge is -2.21. The highest BCUT2D eigenvalue weighted by Crippen LogP contribution is 2.43. The van der Waals surface area contributed by atoms with E-state index in [9.17, 15) is 64.8 Å². The number of anilines is 1. The van der Waals surface area contributed by atoms with Crippen LogP contribution in [0.25, 0.3) is 0 Å². The van der Waals surface area contributed by atoms with Crippen LogP contribution in [0.1, 0.15) is 11.1 Å². The summed E-state index contributed by atoms with van der Waals surface area (Å²) in [5.74, 6) is 0. The highest BCUT2D eigenvalue weighted by Gasteiger charge is 2.73. The molecule has 7 nitrogen and oxygen atoms in total. The van der Waals surface area contributed by atoms with Gasteiger partial charge in [-0.2, -0.15) is 39.5 Å². The van der Waals surface area contributed by atoms with Crippen molar-refractivity contribution in [2.75, 3.05) is 5.73 Å². The van der Waals surface area contributed by atoms with Crippen molar-refractivity contribution in [1.29, 1.82) is 0 Å². The maximum Gasteiger partial charge on any atom is 0.499 e. The van der Waals surface area contributed by atoms with Crippen molar-refractivity contribution < 1.29 is 64.8 Å². The number of nitrogen functional groups attached to an aromatic ring is 1. The van der Waals surface area contributed by atoms with Gasteiger partial charge in [-0.25, -0.2) is 25.3 Å². The van der Waals surface area contributed by atoms with Gasteiger partial charge in [-0.1, -0.05) is 12.1 Å². The van der Waals surface area contributed by atoms with E-state index in [1.165, 1.54) is 11.1 Å². The molecule has 0 radical (unpaired) electrons. The van der Waals surface area contributed by atoms with Crippen LogP contribution in [0.3, 0.4) is 0 Å². The Kier molecular flexibility index (Phi) is 8.15.